The number of nitrogens with zero attached hydrogens (tertiary/aromatic N) is 3. The Balaban J connectivity index is 2.35. The van der Waals surface area contributed by atoms with Gasteiger partial charge in [-0.3, -0.25) is 4.79 Å². The molecule has 1 aliphatic rings. The third kappa shape index (κ3) is 6.23. The van der Waals surface area contributed by atoms with Crippen molar-refractivity contribution in [2.24, 2.45) is 5.11 Å². The summed E-state index contributed by atoms with van der Waals surface area (Å²) in [4.78, 5) is 13.6. The second kappa shape index (κ2) is 11.2. The van der Waals surface area contributed by atoms with E-state index < -0.39 is 37.3 Å². The highest BCUT2D eigenvalue weighted by atomic mass is 16.7. The van der Waals surface area contributed by atoms with Crippen LogP contribution >= 0.6 is 0 Å². The average molecular weight is 347 g/mol. The van der Waals surface area contributed by atoms with Gasteiger partial charge in [-0.15, -0.1) is 0 Å². The quantitative estimate of drug-likeness (QED) is 0.168. The molecule has 10 nitrogen and oxygen atoms in total. The number of rotatable bonds is 10. The summed E-state index contributed by atoms with van der Waals surface area (Å²) < 4.78 is 15.4. The first-order valence-electron chi connectivity index (χ1n) is 7.90. The van der Waals surface area contributed by atoms with Crippen molar-refractivity contribution >= 4 is 5.97 Å². The minimum absolute atomic E-state index is 0.235. The molecule has 0 amide bonds. The summed E-state index contributed by atoms with van der Waals surface area (Å²) in [7, 11) is 1.35. The molecule has 3 N–H and O–H groups in total. The topological polar surface area (TPSA) is 154 Å². The van der Waals surface area contributed by atoms with Crippen LogP contribution in [0.2, 0.25) is 0 Å². The smallest absolute Gasteiger partial charge is 0.305 e. The molecule has 0 aromatic heterocycles. The predicted molar refractivity (Wildman–Crippen MR) is 81.7 cm³/mol. The zero-order valence-electron chi connectivity index (χ0n) is 13.7. The van der Waals surface area contributed by atoms with Gasteiger partial charge in [-0.05, 0) is 18.4 Å². The van der Waals surface area contributed by atoms with E-state index in [9.17, 15) is 15.0 Å². The molecule has 1 fully saturated rings. The van der Waals surface area contributed by atoms with Gasteiger partial charge in [0, 0.05) is 17.9 Å². The Morgan fingerprint density at radius 2 is 1.96 bits per heavy atom. The highest BCUT2D eigenvalue weighted by molar-refractivity contribution is 5.68. The van der Waals surface area contributed by atoms with Gasteiger partial charge in [0.05, 0.1) is 19.8 Å². The lowest BCUT2D eigenvalue weighted by Crippen LogP contribution is -2.58. The number of esters is 1. The molecule has 10 heteroatoms. The van der Waals surface area contributed by atoms with Gasteiger partial charge in [-0.25, -0.2) is 0 Å². The van der Waals surface area contributed by atoms with Crippen LogP contribution in [0.4, 0.5) is 0 Å². The predicted octanol–water partition coefficient (Wildman–Crippen LogP) is 0.244. The molecule has 0 aromatic carbocycles. The molecule has 24 heavy (non-hydrogen) atoms. The summed E-state index contributed by atoms with van der Waals surface area (Å²) in [6, 6.07) is -1.09. The lowest BCUT2D eigenvalue weighted by Gasteiger charge is -2.40. The molecule has 1 aliphatic heterocycles. The molecule has 0 saturated carbocycles. The maximum Gasteiger partial charge on any atom is 0.305 e. The maximum atomic E-state index is 11.0. The van der Waals surface area contributed by atoms with Crippen molar-refractivity contribution in [1.82, 2.24) is 0 Å². The van der Waals surface area contributed by atoms with Gasteiger partial charge in [0.25, 0.3) is 0 Å². The van der Waals surface area contributed by atoms with Crippen molar-refractivity contribution in [1.29, 1.82) is 0 Å². The van der Waals surface area contributed by atoms with E-state index in [1.54, 1.807) is 0 Å². The van der Waals surface area contributed by atoms with Crippen LogP contribution < -0.4 is 0 Å². The zero-order chi connectivity index (χ0) is 17.9. The van der Waals surface area contributed by atoms with Gasteiger partial charge in [-0.1, -0.05) is 18.0 Å². The van der Waals surface area contributed by atoms with E-state index in [1.807, 2.05) is 0 Å². The van der Waals surface area contributed by atoms with Crippen molar-refractivity contribution in [3.8, 4) is 0 Å². The lowest BCUT2D eigenvalue weighted by molar-refractivity contribution is -0.265. The van der Waals surface area contributed by atoms with Crippen LogP contribution in [0, 0.1) is 0 Å². The van der Waals surface area contributed by atoms with Crippen LogP contribution in [0.15, 0.2) is 5.11 Å². The Hall–Kier alpha value is -1.42. The van der Waals surface area contributed by atoms with E-state index in [0.717, 1.165) is 19.3 Å². The summed E-state index contributed by atoms with van der Waals surface area (Å²) in [5, 5.41) is 32.3. The van der Waals surface area contributed by atoms with E-state index in [2.05, 4.69) is 14.8 Å². The molecule has 0 unspecified atom stereocenters. The van der Waals surface area contributed by atoms with Gasteiger partial charge < -0.3 is 29.5 Å². The molecule has 5 atom stereocenters. The molecule has 1 saturated heterocycles. The second-order valence-corrected chi connectivity index (χ2v) is 5.51. The largest absolute Gasteiger partial charge is 0.469 e. The Kier molecular flexibility index (Phi) is 9.62. The molecule has 0 bridgehead atoms. The summed E-state index contributed by atoms with van der Waals surface area (Å²) in [6.45, 7) is -0.199. The third-order valence-corrected chi connectivity index (χ3v) is 3.82. The van der Waals surface area contributed by atoms with Crippen molar-refractivity contribution in [2.75, 3.05) is 20.3 Å². The number of methoxy groups -OCH3 is 1. The number of azide groups is 1. The van der Waals surface area contributed by atoms with E-state index in [0.29, 0.717) is 19.4 Å². The first-order valence-corrected chi connectivity index (χ1v) is 7.90. The summed E-state index contributed by atoms with van der Waals surface area (Å²) in [6.07, 6.45) is -1.32. The second-order valence-electron chi connectivity index (χ2n) is 5.51. The summed E-state index contributed by atoms with van der Waals surface area (Å²) >= 11 is 0. The molecule has 0 spiro atoms. The number of aliphatic hydroxyl groups excluding tert-OH is 3. The number of carbonyl (C=O) groups is 1. The van der Waals surface area contributed by atoms with Gasteiger partial charge >= 0.3 is 5.97 Å². The lowest BCUT2D eigenvalue weighted by atomic mass is 9.98. The number of hydrogen-bond acceptors (Lipinski definition) is 8. The Bertz CT molecular complexity index is 431. The van der Waals surface area contributed by atoms with Crippen LogP contribution in [-0.4, -0.2) is 72.3 Å². The van der Waals surface area contributed by atoms with E-state index in [1.165, 1.54) is 7.11 Å². The van der Waals surface area contributed by atoms with Crippen molar-refractivity contribution < 1.29 is 34.3 Å². The maximum absolute atomic E-state index is 11.0. The molecule has 138 valence electrons. The molecule has 1 rings (SSSR count). The summed E-state index contributed by atoms with van der Waals surface area (Å²) in [5.41, 5.74) is 8.56. The van der Waals surface area contributed by atoms with E-state index in [4.69, 9.17) is 20.1 Å². The minimum atomic E-state index is -1.38. The van der Waals surface area contributed by atoms with Crippen LogP contribution in [0.25, 0.3) is 10.4 Å². The SMILES string of the molecule is COC(=O)CCCCCCO[C@H]1O[C@H](CO)[C@@H](O)[C@H](O)[C@@H]1N=[N+]=[N-]. The van der Waals surface area contributed by atoms with Crippen LogP contribution in [0.3, 0.4) is 0 Å². The fourth-order valence-electron chi connectivity index (χ4n) is 2.41. The first kappa shape index (κ1) is 20.6. The number of unbranched alkanes of at least 4 members (excludes halogenated alkanes) is 3. The van der Waals surface area contributed by atoms with Crippen molar-refractivity contribution in [3.05, 3.63) is 10.4 Å². The number of carbonyl (C=O) groups excluding carboxylic acids is 1. The molecule has 0 aliphatic carbocycles. The van der Waals surface area contributed by atoms with Gasteiger partial charge in [0.2, 0.25) is 0 Å². The fourth-order valence-corrected chi connectivity index (χ4v) is 2.41. The number of hydrogen-bond donors (Lipinski definition) is 3. The van der Waals surface area contributed by atoms with E-state index in [-0.39, 0.29) is 5.97 Å². The molecule has 0 aromatic rings. The highest BCUT2D eigenvalue weighted by Crippen LogP contribution is 2.24. The summed E-state index contributed by atoms with van der Waals surface area (Å²) in [5.74, 6) is -0.235. The van der Waals surface area contributed by atoms with Crippen molar-refractivity contribution in [3.63, 3.8) is 0 Å². The third-order valence-electron chi connectivity index (χ3n) is 3.82. The average Bonchev–Trinajstić information content (AvgIpc) is 2.59. The standard InChI is InChI=1S/C14H25N3O7/c1-22-10(19)6-4-2-3-5-7-23-14-11(16-17-15)13(21)12(20)9(8-18)24-14/h9,11-14,18,20-21H,2-8H2,1H3/t9-,11+,12-,13-,14+/m1/s1. The van der Waals surface area contributed by atoms with E-state index >= 15 is 0 Å². The highest BCUT2D eigenvalue weighted by Gasteiger charge is 2.44. The van der Waals surface area contributed by atoms with Gasteiger partial charge in [-0.2, -0.15) is 0 Å². The fraction of sp³-hybridized carbons (Fsp3) is 0.929. The van der Waals surface area contributed by atoms with Crippen LogP contribution in [0.1, 0.15) is 32.1 Å². The molecular formula is C14H25N3O7. The molecule has 1 heterocycles. The van der Waals surface area contributed by atoms with Crippen molar-refractivity contribution in [2.45, 2.75) is 62.7 Å². The first-order chi connectivity index (χ1) is 11.5. The van der Waals surface area contributed by atoms with Crippen LogP contribution in [-0.2, 0) is 19.0 Å². The Morgan fingerprint density at radius 1 is 1.25 bits per heavy atom. The molecule has 0 radical (unpaired) electrons. The Morgan fingerprint density at radius 3 is 2.58 bits per heavy atom. The van der Waals surface area contributed by atoms with Gasteiger partial charge in [0.15, 0.2) is 6.29 Å². The zero-order valence-corrected chi connectivity index (χ0v) is 13.7. The number of ether oxygens (including phenoxy) is 3. The number of aliphatic hydroxyl groups is 3. The minimum Gasteiger partial charge on any atom is -0.469 e. The normalized spacial score (nSPS) is 29.8. The Labute approximate surface area is 139 Å². The molecular weight excluding hydrogens is 322 g/mol. The monoisotopic (exact) mass is 347 g/mol. The van der Waals surface area contributed by atoms with Crippen LogP contribution in [0.5, 0.6) is 0 Å². The van der Waals surface area contributed by atoms with Gasteiger partial charge in [0.1, 0.15) is 18.2 Å².